The van der Waals surface area contributed by atoms with Gasteiger partial charge < -0.3 is 10.4 Å². The number of anilines is 1. The molecule has 4 heteroatoms. The predicted octanol–water partition coefficient (Wildman–Crippen LogP) is 4.35. The number of aliphatic hydroxyl groups is 1. The largest absolute Gasteiger partial charge is 0.396 e. The lowest BCUT2D eigenvalue weighted by Gasteiger charge is -2.36. The van der Waals surface area contributed by atoms with E-state index in [0.29, 0.717) is 10.0 Å². The van der Waals surface area contributed by atoms with Crippen LogP contribution in [0.2, 0.25) is 10.0 Å². The minimum atomic E-state index is 0.0209. The van der Waals surface area contributed by atoms with Crippen LogP contribution in [0.25, 0.3) is 0 Å². The van der Waals surface area contributed by atoms with E-state index in [-0.39, 0.29) is 12.0 Å². The lowest BCUT2D eigenvalue weighted by atomic mass is 9.74. The standard InChI is InChI=1S/C14H19Cl2NO/c15-11-6-12(16)8-13(7-11)17-9-14(10-18)4-2-1-3-5-14/h6-8,17-18H,1-5,9-10H2. The summed E-state index contributed by atoms with van der Waals surface area (Å²) in [7, 11) is 0. The average Bonchev–Trinajstić information content (AvgIpc) is 2.36. The summed E-state index contributed by atoms with van der Waals surface area (Å²) >= 11 is 11.9. The van der Waals surface area contributed by atoms with Gasteiger partial charge in [0.25, 0.3) is 0 Å². The van der Waals surface area contributed by atoms with Gasteiger partial charge in [-0.3, -0.25) is 0 Å². The Morgan fingerprint density at radius 1 is 1.06 bits per heavy atom. The van der Waals surface area contributed by atoms with E-state index in [1.165, 1.54) is 19.3 Å². The molecule has 1 aromatic carbocycles. The second-order valence-corrected chi connectivity index (χ2v) is 6.10. The van der Waals surface area contributed by atoms with Crippen molar-refractivity contribution in [1.29, 1.82) is 0 Å². The molecule has 2 nitrogen and oxygen atoms in total. The second-order valence-electron chi connectivity index (χ2n) is 5.23. The van der Waals surface area contributed by atoms with E-state index in [1.807, 2.05) is 12.1 Å². The van der Waals surface area contributed by atoms with E-state index in [9.17, 15) is 5.11 Å². The molecule has 100 valence electrons. The minimum Gasteiger partial charge on any atom is -0.396 e. The van der Waals surface area contributed by atoms with Crippen LogP contribution in [-0.4, -0.2) is 18.3 Å². The fraction of sp³-hybridized carbons (Fsp3) is 0.571. The van der Waals surface area contributed by atoms with Crippen molar-refractivity contribution in [3.63, 3.8) is 0 Å². The fourth-order valence-electron chi connectivity index (χ4n) is 2.64. The van der Waals surface area contributed by atoms with Crippen LogP contribution in [0.3, 0.4) is 0 Å². The van der Waals surface area contributed by atoms with Crippen LogP contribution in [0.1, 0.15) is 32.1 Å². The van der Waals surface area contributed by atoms with Gasteiger partial charge in [-0.05, 0) is 31.0 Å². The van der Waals surface area contributed by atoms with Crippen LogP contribution in [0.5, 0.6) is 0 Å². The third-order valence-electron chi connectivity index (χ3n) is 3.78. The highest BCUT2D eigenvalue weighted by molar-refractivity contribution is 6.35. The molecular formula is C14H19Cl2NO. The molecule has 0 saturated heterocycles. The molecule has 1 fully saturated rings. The van der Waals surface area contributed by atoms with Crippen molar-refractivity contribution in [2.24, 2.45) is 5.41 Å². The van der Waals surface area contributed by atoms with Gasteiger partial charge in [-0.15, -0.1) is 0 Å². The van der Waals surface area contributed by atoms with Crippen molar-refractivity contribution in [2.45, 2.75) is 32.1 Å². The van der Waals surface area contributed by atoms with Gasteiger partial charge in [-0.25, -0.2) is 0 Å². The second kappa shape index (κ2) is 6.14. The first-order valence-corrected chi connectivity index (χ1v) is 7.20. The molecule has 1 aliphatic rings. The van der Waals surface area contributed by atoms with Crippen molar-refractivity contribution in [2.75, 3.05) is 18.5 Å². The number of benzene rings is 1. The number of halogens is 2. The lowest BCUT2D eigenvalue weighted by molar-refractivity contribution is 0.0944. The van der Waals surface area contributed by atoms with E-state index in [4.69, 9.17) is 23.2 Å². The van der Waals surface area contributed by atoms with Gasteiger partial charge >= 0.3 is 0 Å². The van der Waals surface area contributed by atoms with Gasteiger partial charge in [0, 0.05) is 27.7 Å². The molecule has 1 aromatic rings. The zero-order valence-electron chi connectivity index (χ0n) is 10.4. The molecule has 1 aliphatic carbocycles. The van der Waals surface area contributed by atoms with Crippen molar-refractivity contribution in [3.8, 4) is 0 Å². The Morgan fingerprint density at radius 3 is 2.22 bits per heavy atom. The number of nitrogens with one attached hydrogen (secondary N) is 1. The molecule has 0 aromatic heterocycles. The van der Waals surface area contributed by atoms with E-state index in [1.54, 1.807) is 6.07 Å². The molecule has 2 rings (SSSR count). The third kappa shape index (κ3) is 3.53. The number of hydrogen-bond donors (Lipinski definition) is 2. The van der Waals surface area contributed by atoms with Crippen LogP contribution in [0.4, 0.5) is 5.69 Å². The Labute approximate surface area is 118 Å². The number of hydrogen-bond acceptors (Lipinski definition) is 2. The van der Waals surface area contributed by atoms with Crippen molar-refractivity contribution >= 4 is 28.9 Å². The van der Waals surface area contributed by atoms with Gasteiger partial charge in [-0.2, -0.15) is 0 Å². The summed E-state index contributed by atoms with van der Waals surface area (Å²) in [5, 5.41) is 14.3. The summed E-state index contributed by atoms with van der Waals surface area (Å²) in [5.41, 5.74) is 0.943. The Balaban J connectivity index is 2.00. The van der Waals surface area contributed by atoms with Crippen molar-refractivity contribution in [1.82, 2.24) is 0 Å². The first kappa shape index (κ1) is 14.0. The molecule has 0 atom stereocenters. The summed E-state index contributed by atoms with van der Waals surface area (Å²) < 4.78 is 0. The maximum absolute atomic E-state index is 9.64. The van der Waals surface area contributed by atoms with Crippen molar-refractivity contribution in [3.05, 3.63) is 28.2 Å². The highest BCUT2D eigenvalue weighted by Crippen LogP contribution is 2.36. The summed E-state index contributed by atoms with van der Waals surface area (Å²) in [4.78, 5) is 0. The van der Waals surface area contributed by atoms with E-state index >= 15 is 0 Å². The smallest absolute Gasteiger partial charge is 0.0504 e. The first-order valence-electron chi connectivity index (χ1n) is 6.44. The maximum Gasteiger partial charge on any atom is 0.0504 e. The topological polar surface area (TPSA) is 32.3 Å². The van der Waals surface area contributed by atoms with E-state index < -0.39 is 0 Å². The first-order chi connectivity index (χ1) is 8.63. The van der Waals surface area contributed by atoms with Crippen LogP contribution in [0, 0.1) is 5.41 Å². The minimum absolute atomic E-state index is 0.0209. The van der Waals surface area contributed by atoms with Gasteiger partial charge in [-0.1, -0.05) is 42.5 Å². The lowest BCUT2D eigenvalue weighted by Crippen LogP contribution is -2.35. The van der Waals surface area contributed by atoms with Crippen molar-refractivity contribution < 1.29 is 5.11 Å². The monoisotopic (exact) mass is 287 g/mol. The zero-order valence-corrected chi connectivity index (χ0v) is 11.9. The Bertz CT molecular complexity index is 383. The maximum atomic E-state index is 9.64. The average molecular weight is 288 g/mol. The molecule has 0 aliphatic heterocycles. The molecular weight excluding hydrogens is 269 g/mol. The third-order valence-corrected chi connectivity index (χ3v) is 4.22. The SMILES string of the molecule is OCC1(CNc2cc(Cl)cc(Cl)c2)CCCCC1. The van der Waals surface area contributed by atoms with E-state index in [0.717, 1.165) is 25.1 Å². The molecule has 0 heterocycles. The Kier molecular flexibility index (Phi) is 4.77. The fourth-order valence-corrected chi connectivity index (χ4v) is 3.16. The summed E-state index contributed by atoms with van der Waals surface area (Å²) in [6.07, 6.45) is 5.87. The Morgan fingerprint density at radius 2 is 1.67 bits per heavy atom. The predicted molar refractivity (Wildman–Crippen MR) is 77.6 cm³/mol. The highest BCUT2D eigenvalue weighted by Gasteiger charge is 2.31. The highest BCUT2D eigenvalue weighted by atomic mass is 35.5. The normalized spacial score (nSPS) is 18.6. The molecule has 0 amide bonds. The van der Waals surface area contributed by atoms with Crippen LogP contribution in [0.15, 0.2) is 18.2 Å². The summed E-state index contributed by atoms with van der Waals surface area (Å²) in [6, 6.07) is 5.44. The van der Waals surface area contributed by atoms with Gasteiger partial charge in [0.05, 0.1) is 6.61 Å². The van der Waals surface area contributed by atoms with Crippen LogP contribution in [-0.2, 0) is 0 Å². The molecule has 0 bridgehead atoms. The molecule has 1 saturated carbocycles. The van der Waals surface area contributed by atoms with Gasteiger partial charge in [0.1, 0.15) is 0 Å². The van der Waals surface area contributed by atoms with Crippen LogP contribution < -0.4 is 5.32 Å². The molecule has 2 N–H and O–H groups in total. The van der Waals surface area contributed by atoms with Crippen LogP contribution >= 0.6 is 23.2 Å². The molecule has 0 radical (unpaired) electrons. The summed E-state index contributed by atoms with van der Waals surface area (Å²) in [6.45, 7) is 1.02. The Hall–Kier alpha value is -0.440. The quantitative estimate of drug-likeness (QED) is 0.863. The molecule has 0 unspecified atom stereocenters. The van der Waals surface area contributed by atoms with E-state index in [2.05, 4.69) is 5.32 Å². The molecule has 0 spiro atoms. The summed E-state index contributed by atoms with van der Waals surface area (Å²) in [5.74, 6) is 0. The van der Waals surface area contributed by atoms with Gasteiger partial charge in [0.2, 0.25) is 0 Å². The number of aliphatic hydroxyl groups excluding tert-OH is 1. The zero-order chi connectivity index (χ0) is 13.0. The molecule has 18 heavy (non-hydrogen) atoms. The van der Waals surface area contributed by atoms with Gasteiger partial charge in [0.15, 0.2) is 0 Å². The number of rotatable bonds is 4.